The van der Waals surface area contributed by atoms with Gasteiger partial charge in [0.25, 0.3) is 5.70 Å². The molecule has 0 atom stereocenters. The minimum atomic E-state index is -0.121. The predicted octanol–water partition coefficient (Wildman–Crippen LogP) is 1.99. The standard InChI is InChI=1S/C11H6N6OS/c1-13-8(6-12)7-18-10-4-2-9(3-5-10)17-11(19)14-15-16-17/h2-5,7H,(H,14,16,19)/b8-7-. The Morgan fingerprint density at radius 3 is 2.79 bits per heavy atom. The number of tetrazole rings is 1. The van der Waals surface area contributed by atoms with E-state index < -0.39 is 0 Å². The Bertz CT molecular complexity index is 727. The summed E-state index contributed by atoms with van der Waals surface area (Å²) >= 11 is 4.97. The van der Waals surface area contributed by atoms with Crippen molar-refractivity contribution in [1.29, 1.82) is 5.26 Å². The van der Waals surface area contributed by atoms with Gasteiger partial charge in [-0.25, -0.2) is 14.8 Å². The van der Waals surface area contributed by atoms with Gasteiger partial charge in [-0.15, -0.1) is 0 Å². The zero-order valence-electron chi connectivity index (χ0n) is 9.44. The Balaban J connectivity index is 2.19. The van der Waals surface area contributed by atoms with E-state index in [9.17, 15) is 0 Å². The average molecular weight is 270 g/mol. The lowest BCUT2D eigenvalue weighted by Crippen LogP contribution is -1.96. The number of allylic oxidation sites excluding steroid dienone is 1. The van der Waals surface area contributed by atoms with E-state index in [0.717, 1.165) is 11.9 Å². The molecule has 0 radical (unpaired) electrons. The lowest BCUT2D eigenvalue weighted by molar-refractivity contribution is 0.478. The average Bonchev–Trinajstić information content (AvgIpc) is 2.87. The predicted molar refractivity (Wildman–Crippen MR) is 67.5 cm³/mol. The minimum absolute atomic E-state index is 0.121. The summed E-state index contributed by atoms with van der Waals surface area (Å²) in [5.74, 6) is 0.499. The summed E-state index contributed by atoms with van der Waals surface area (Å²) in [7, 11) is 0. The highest BCUT2D eigenvalue weighted by molar-refractivity contribution is 7.71. The fourth-order valence-electron chi connectivity index (χ4n) is 1.24. The Hall–Kier alpha value is -2.97. The molecule has 92 valence electrons. The first-order chi connectivity index (χ1) is 9.24. The summed E-state index contributed by atoms with van der Waals surface area (Å²) in [5.41, 5.74) is 0.626. The van der Waals surface area contributed by atoms with Crippen molar-refractivity contribution in [3.8, 4) is 17.5 Å². The number of nitrogens with one attached hydrogen (secondary N) is 1. The second-order valence-corrected chi connectivity index (χ2v) is 3.62. The molecule has 1 aromatic heterocycles. The highest BCUT2D eigenvalue weighted by Gasteiger charge is 2.00. The number of ether oxygens (including phenoxy) is 1. The van der Waals surface area contributed by atoms with Crippen molar-refractivity contribution in [2.24, 2.45) is 0 Å². The molecule has 0 aliphatic heterocycles. The first kappa shape index (κ1) is 12.5. The maximum Gasteiger partial charge on any atom is 0.296 e. The summed E-state index contributed by atoms with van der Waals surface area (Å²) in [6.07, 6.45) is 1.10. The van der Waals surface area contributed by atoms with Crippen LogP contribution in [0.15, 0.2) is 36.2 Å². The maximum absolute atomic E-state index is 8.56. The van der Waals surface area contributed by atoms with E-state index in [4.69, 9.17) is 28.8 Å². The number of hydrogen-bond donors (Lipinski definition) is 1. The van der Waals surface area contributed by atoms with E-state index in [1.165, 1.54) is 4.68 Å². The van der Waals surface area contributed by atoms with Crippen molar-refractivity contribution in [1.82, 2.24) is 20.2 Å². The third-order valence-corrected chi connectivity index (χ3v) is 2.37. The molecule has 19 heavy (non-hydrogen) atoms. The third-order valence-electron chi connectivity index (χ3n) is 2.11. The number of benzene rings is 1. The zero-order chi connectivity index (χ0) is 13.7. The highest BCUT2D eigenvalue weighted by Crippen LogP contribution is 2.15. The van der Waals surface area contributed by atoms with Crippen LogP contribution in [0, 0.1) is 22.7 Å². The molecule has 0 saturated carbocycles. The van der Waals surface area contributed by atoms with Gasteiger partial charge >= 0.3 is 0 Å². The minimum Gasteiger partial charge on any atom is -0.475 e. The zero-order valence-corrected chi connectivity index (χ0v) is 10.3. The quantitative estimate of drug-likeness (QED) is 0.399. The number of aromatic amines is 1. The second kappa shape index (κ2) is 5.58. The van der Waals surface area contributed by atoms with Crippen molar-refractivity contribution in [2.45, 2.75) is 0 Å². The second-order valence-electron chi connectivity index (χ2n) is 3.26. The van der Waals surface area contributed by atoms with E-state index in [2.05, 4.69) is 20.4 Å². The molecular formula is C11H6N6OS. The van der Waals surface area contributed by atoms with Crippen LogP contribution in [0.2, 0.25) is 0 Å². The van der Waals surface area contributed by atoms with Gasteiger partial charge in [0, 0.05) is 0 Å². The molecule has 7 nitrogen and oxygen atoms in total. The van der Waals surface area contributed by atoms with E-state index >= 15 is 0 Å². The number of nitrogens with zero attached hydrogens (tertiary/aromatic N) is 5. The van der Waals surface area contributed by atoms with Gasteiger partial charge in [0.05, 0.1) is 18.3 Å². The van der Waals surface area contributed by atoms with Crippen molar-refractivity contribution < 1.29 is 4.74 Å². The molecule has 0 unspecified atom stereocenters. The van der Waals surface area contributed by atoms with Crippen LogP contribution in [0.25, 0.3) is 10.5 Å². The Labute approximate surface area is 113 Å². The molecule has 1 N–H and O–H groups in total. The number of H-pyrrole nitrogens is 1. The van der Waals surface area contributed by atoms with E-state index in [1.807, 2.05) is 0 Å². The lowest BCUT2D eigenvalue weighted by atomic mass is 10.3. The lowest BCUT2D eigenvalue weighted by Gasteiger charge is -2.03. The highest BCUT2D eigenvalue weighted by atomic mass is 32.1. The van der Waals surface area contributed by atoms with Crippen LogP contribution in [-0.2, 0) is 0 Å². The summed E-state index contributed by atoms with van der Waals surface area (Å²) in [6.45, 7) is 6.70. The summed E-state index contributed by atoms with van der Waals surface area (Å²) in [4.78, 5) is 2.98. The van der Waals surface area contributed by atoms with Crippen LogP contribution in [0.1, 0.15) is 0 Å². The molecule has 8 heteroatoms. The smallest absolute Gasteiger partial charge is 0.296 e. The Morgan fingerprint density at radius 1 is 1.53 bits per heavy atom. The Kier molecular flexibility index (Phi) is 3.67. The van der Waals surface area contributed by atoms with Crippen molar-refractivity contribution in [3.63, 3.8) is 0 Å². The molecule has 1 heterocycles. The molecule has 1 aromatic carbocycles. The molecule has 0 saturated heterocycles. The molecule has 0 amide bonds. The van der Waals surface area contributed by atoms with E-state index in [1.54, 1.807) is 30.3 Å². The van der Waals surface area contributed by atoms with Crippen LogP contribution in [-0.4, -0.2) is 20.2 Å². The largest absolute Gasteiger partial charge is 0.475 e. The van der Waals surface area contributed by atoms with Crippen LogP contribution >= 0.6 is 12.2 Å². The molecule has 2 aromatic rings. The van der Waals surface area contributed by atoms with Crippen molar-refractivity contribution >= 4 is 12.2 Å². The van der Waals surface area contributed by atoms with Gasteiger partial charge in [-0.1, -0.05) is 10.3 Å². The summed E-state index contributed by atoms with van der Waals surface area (Å²) in [6, 6.07) is 8.53. The van der Waals surface area contributed by atoms with Gasteiger partial charge in [0.15, 0.2) is 0 Å². The third kappa shape index (κ3) is 2.83. The molecule has 0 aliphatic rings. The fourth-order valence-corrected chi connectivity index (χ4v) is 1.43. The number of hydrogen-bond acceptors (Lipinski definition) is 5. The molecular weight excluding hydrogens is 264 g/mol. The van der Waals surface area contributed by atoms with Crippen molar-refractivity contribution in [3.05, 3.63) is 52.4 Å². The van der Waals surface area contributed by atoms with E-state index in [0.29, 0.717) is 10.5 Å². The molecule has 0 aliphatic carbocycles. The fraction of sp³-hybridized carbons (Fsp3) is 0. The Morgan fingerprint density at radius 2 is 2.26 bits per heavy atom. The summed E-state index contributed by atoms with van der Waals surface area (Å²) in [5, 5.41) is 18.4. The topological polar surface area (TPSA) is 83.9 Å². The van der Waals surface area contributed by atoms with Gasteiger partial charge in [-0.2, -0.15) is 5.21 Å². The first-order valence-corrected chi connectivity index (χ1v) is 5.40. The van der Waals surface area contributed by atoms with Crippen LogP contribution in [0.3, 0.4) is 0 Å². The molecule has 0 bridgehead atoms. The molecule has 0 fully saturated rings. The first-order valence-electron chi connectivity index (χ1n) is 4.99. The maximum atomic E-state index is 8.56. The van der Waals surface area contributed by atoms with Crippen LogP contribution in [0.4, 0.5) is 0 Å². The number of aromatic nitrogens is 4. The number of nitriles is 1. The van der Waals surface area contributed by atoms with Crippen molar-refractivity contribution in [2.75, 3.05) is 0 Å². The molecule has 2 rings (SSSR count). The SMILES string of the molecule is [C-]#[N+]/C(C#N)=C\Oc1ccc(-n2[nH]nnc2=S)cc1. The normalized spacial score (nSPS) is 10.5. The molecule has 0 spiro atoms. The van der Waals surface area contributed by atoms with Gasteiger partial charge in [-0.05, 0) is 36.5 Å². The summed E-state index contributed by atoms with van der Waals surface area (Å²) < 4.78 is 7.01. The van der Waals surface area contributed by atoms with Gasteiger partial charge < -0.3 is 4.74 Å². The van der Waals surface area contributed by atoms with Gasteiger partial charge in [0.1, 0.15) is 12.0 Å². The van der Waals surface area contributed by atoms with Gasteiger partial charge in [0.2, 0.25) is 4.77 Å². The van der Waals surface area contributed by atoms with E-state index in [-0.39, 0.29) is 5.70 Å². The number of rotatable bonds is 3. The van der Waals surface area contributed by atoms with Gasteiger partial charge in [-0.3, -0.25) is 0 Å². The monoisotopic (exact) mass is 270 g/mol. The van der Waals surface area contributed by atoms with Crippen LogP contribution < -0.4 is 4.74 Å². The van der Waals surface area contributed by atoms with Crippen LogP contribution in [0.5, 0.6) is 5.75 Å².